The molecule has 0 saturated carbocycles. The second-order valence-corrected chi connectivity index (χ2v) is 4.93. The van der Waals surface area contributed by atoms with Crippen molar-refractivity contribution < 1.29 is 9.90 Å². The van der Waals surface area contributed by atoms with Crippen LogP contribution in [-0.4, -0.2) is 11.0 Å². The molecule has 1 aliphatic rings. The molecule has 0 spiro atoms. The highest BCUT2D eigenvalue weighted by Crippen LogP contribution is 2.39. The minimum Gasteiger partial charge on any atom is -0.550 e. The Labute approximate surface area is 117 Å². The van der Waals surface area contributed by atoms with Crippen LogP contribution in [0.4, 0.5) is 0 Å². The standard InChI is InChI=1S/C17H15NO2/c19-17(20)11-16(13-7-9-18-10-8-13)15-6-5-12-3-1-2-4-14(12)15/h1-4,6-10,16H,5,11H2,(H,19,20)/p-1/t16-/m0/s1. The SMILES string of the molecule is O=C([O-])C[C@H](C1=CCc2ccccc21)c1ccncc1. The van der Waals surface area contributed by atoms with Crippen LogP contribution in [0.15, 0.2) is 54.9 Å². The van der Waals surface area contributed by atoms with E-state index >= 15 is 0 Å². The number of hydrogen-bond donors (Lipinski definition) is 0. The first-order valence-corrected chi connectivity index (χ1v) is 6.64. The van der Waals surface area contributed by atoms with Gasteiger partial charge in [0.05, 0.1) is 0 Å². The predicted octanol–water partition coefficient (Wildman–Crippen LogP) is 1.94. The fraction of sp³-hybridized carbons (Fsp3) is 0.176. The lowest BCUT2D eigenvalue weighted by atomic mass is 9.86. The van der Waals surface area contributed by atoms with Crippen LogP contribution < -0.4 is 5.11 Å². The average molecular weight is 264 g/mol. The zero-order valence-corrected chi connectivity index (χ0v) is 11.0. The van der Waals surface area contributed by atoms with Crippen LogP contribution in [0.1, 0.15) is 29.0 Å². The molecule has 0 amide bonds. The highest BCUT2D eigenvalue weighted by molar-refractivity contribution is 5.81. The summed E-state index contributed by atoms with van der Waals surface area (Å²) in [6.07, 6.45) is 6.36. The number of hydrogen-bond acceptors (Lipinski definition) is 3. The van der Waals surface area contributed by atoms with Crippen LogP contribution in [-0.2, 0) is 11.2 Å². The largest absolute Gasteiger partial charge is 0.550 e. The summed E-state index contributed by atoms with van der Waals surface area (Å²) in [6, 6.07) is 11.9. The van der Waals surface area contributed by atoms with Crippen molar-refractivity contribution in [2.24, 2.45) is 0 Å². The maximum absolute atomic E-state index is 11.1. The number of pyridine rings is 1. The Morgan fingerprint density at radius 3 is 2.70 bits per heavy atom. The van der Waals surface area contributed by atoms with E-state index in [0.29, 0.717) is 0 Å². The van der Waals surface area contributed by atoms with Crippen molar-refractivity contribution >= 4 is 11.5 Å². The van der Waals surface area contributed by atoms with E-state index in [0.717, 1.165) is 23.1 Å². The van der Waals surface area contributed by atoms with Gasteiger partial charge in [-0.1, -0.05) is 30.3 Å². The lowest BCUT2D eigenvalue weighted by molar-refractivity contribution is -0.305. The topological polar surface area (TPSA) is 53.0 Å². The summed E-state index contributed by atoms with van der Waals surface area (Å²) in [7, 11) is 0. The number of carboxylic acid groups (broad SMARTS) is 1. The van der Waals surface area contributed by atoms with Gasteiger partial charge in [0.25, 0.3) is 0 Å². The van der Waals surface area contributed by atoms with Gasteiger partial charge in [0.2, 0.25) is 0 Å². The molecular formula is C17H14NO2-. The lowest BCUT2D eigenvalue weighted by Gasteiger charge is -2.20. The average Bonchev–Trinajstić information content (AvgIpc) is 2.89. The van der Waals surface area contributed by atoms with E-state index in [4.69, 9.17) is 0 Å². The number of rotatable bonds is 4. The van der Waals surface area contributed by atoms with Crippen molar-refractivity contribution in [2.45, 2.75) is 18.8 Å². The molecule has 3 rings (SSSR count). The van der Waals surface area contributed by atoms with Gasteiger partial charge < -0.3 is 9.90 Å². The molecule has 0 saturated heterocycles. The minimum atomic E-state index is -1.03. The van der Waals surface area contributed by atoms with Gasteiger partial charge >= 0.3 is 0 Å². The molecule has 1 heterocycles. The number of benzene rings is 1. The van der Waals surface area contributed by atoms with Crippen molar-refractivity contribution in [3.63, 3.8) is 0 Å². The van der Waals surface area contributed by atoms with E-state index in [1.807, 2.05) is 24.3 Å². The van der Waals surface area contributed by atoms with Gasteiger partial charge in [-0.3, -0.25) is 4.98 Å². The van der Waals surface area contributed by atoms with Crippen LogP contribution in [0.25, 0.3) is 5.57 Å². The fourth-order valence-electron chi connectivity index (χ4n) is 2.81. The van der Waals surface area contributed by atoms with E-state index in [2.05, 4.69) is 23.2 Å². The number of nitrogens with zero attached hydrogens (tertiary/aromatic N) is 1. The monoisotopic (exact) mass is 264 g/mol. The van der Waals surface area contributed by atoms with Crippen LogP contribution in [0.5, 0.6) is 0 Å². The Bertz CT molecular complexity index is 662. The number of aromatic nitrogens is 1. The highest BCUT2D eigenvalue weighted by atomic mass is 16.4. The summed E-state index contributed by atoms with van der Waals surface area (Å²) >= 11 is 0. The van der Waals surface area contributed by atoms with Crippen LogP contribution in [0, 0.1) is 0 Å². The summed E-state index contributed by atoms with van der Waals surface area (Å²) in [6.45, 7) is 0. The van der Waals surface area contributed by atoms with Gasteiger partial charge in [0.15, 0.2) is 0 Å². The summed E-state index contributed by atoms with van der Waals surface area (Å²) < 4.78 is 0. The Kier molecular flexibility index (Phi) is 3.33. The van der Waals surface area contributed by atoms with E-state index in [-0.39, 0.29) is 12.3 Å². The quantitative estimate of drug-likeness (QED) is 0.848. The van der Waals surface area contributed by atoms with Gasteiger partial charge in [0, 0.05) is 24.3 Å². The van der Waals surface area contributed by atoms with Crippen molar-refractivity contribution in [1.29, 1.82) is 0 Å². The molecule has 0 radical (unpaired) electrons. The summed E-state index contributed by atoms with van der Waals surface area (Å²) in [5.74, 6) is -1.20. The van der Waals surface area contributed by atoms with Gasteiger partial charge in [-0.2, -0.15) is 0 Å². The third-order valence-corrected chi connectivity index (χ3v) is 3.72. The maximum atomic E-state index is 11.1. The molecule has 20 heavy (non-hydrogen) atoms. The van der Waals surface area contributed by atoms with Gasteiger partial charge in [-0.15, -0.1) is 0 Å². The van der Waals surface area contributed by atoms with E-state index < -0.39 is 5.97 Å². The van der Waals surface area contributed by atoms with E-state index in [9.17, 15) is 9.90 Å². The number of aliphatic carboxylic acids is 1. The molecule has 0 bridgehead atoms. The van der Waals surface area contributed by atoms with E-state index in [1.54, 1.807) is 12.4 Å². The van der Waals surface area contributed by atoms with Gasteiger partial charge in [0.1, 0.15) is 0 Å². The summed E-state index contributed by atoms with van der Waals surface area (Å²) in [5, 5.41) is 11.1. The minimum absolute atomic E-state index is 0.00974. The Balaban J connectivity index is 2.02. The number of carboxylic acids is 1. The molecule has 100 valence electrons. The van der Waals surface area contributed by atoms with Crippen LogP contribution >= 0.6 is 0 Å². The van der Waals surface area contributed by atoms with Crippen LogP contribution in [0.3, 0.4) is 0 Å². The zero-order valence-electron chi connectivity index (χ0n) is 11.0. The number of carbonyl (C=O) groups excluding carboxylic acids is 1. The molecule has 0 aliphatic heterocycles. The molecule has 0 N–H and O–H groups in total. The van der Waals surface area contributed by atoms with Crippen LogP contribution in [0.2, 0.25) is 0 Å². The number of carbonyl (C=O) groups is 1. The molecule has 3 heteroatoms. The molecule has 1 aliphatic carbocycles. The Hall–Kier alpha value is -2.42. The first-order chi connectivity index (χ1) is 9.75. The van der Waals surface area contributed by atoms with Gasteiger partial charge in [-0.05, 0) is 47.2 Å². The fourth-order valence-corrected chi connectivity index (χ4v) is 2.81. The molecule has 0 unspecified atom stereocenters. The second kappa shape index (κ2) is 5.29. The van der Waals surface area contributed by atoms with Gasteiger partial charge in [-0.25, -0.2) is 0 Å². The lowest BCUT2D eigenvalue weighted by Crippen LogP contribution is -2.24. The molecule has 2 aromatic rings. The van der Waals surface area contributed by atoms with E-state index in [1.165, 1.54) is 5.56 Å². The molecule has 3 nitrogen and oxygen atoms in total. The summed E-state index contributed by atoms with van der Waals surface area (Å²) in [5.41, 5.74) is 4.44. The number of allylic oxidation sites excluding steroid dienone is 2. The maximum Gasteiger partial charge on any atom is 0.0423 e. The molecule has 1 atom stereocenters. The molecule has 1 aromatic heterocycles. The first kappa shape index (κ1) is 12.6. The first-order valence-electron chi connectivity index (χ1n) is 6.64. The van der Waals surface area contributed by atoms with Crippen molar-refractivity contribution in [1.82, 2.24) is 4.98 Å². The van der Waals surface area contributed by atoms with Crippen molar-refractivity contribution in [3.8, 4) is 0 Å². The zero-order chi connectivity index (χ0) is 13.9. The molecule has 1 aromatic carbocycles. The molecule has 0 fully saturated rings. The third-order valence-electron chi connectivity index (χ3n) is 3.72. The Morgan fingerprint density at radius 2 is 1.95 bits per heavy atom. The highest BCUT2D eigenvalue weighted by Gasteiger charge is 2.23. The summed E-state index contributed by atoms with van der Waals surface area (Å²) in [4.78, 5) is 15.1. The third kappa shape index (κ3) is 2.35. The normalized spacial score (nSPS) is 14.5. The second-order valence-electron chi connectivity index (χ2n) is 4.93. The Morgan fingerprint density at radius 1 is 1.20 bits per heavy atom. The number of fused-ring (bicyclic) bond motifs is 1. The van der Waals surface area contributed by atoms with Crippen molar-refractivity contribution in [2.75, 3.05) is 0 Å². The van der Waals surface area contributed by atoms with Crippen molar-refractivity contribution in [3.05, 3.63) is 71.6 Å². The predicted molar refractivity (Wildman–Crippen MR) is 74.7 cm³/mol. The smallest absolute Gasteiger partial charge is 0.0423 e. The molecular weight excluding hydrogens is 250 g/mol.